The van der Waals surface area contributed by atoms with Crippen LogP contribution in [-0.4, -0.2) is 14.7 Å². The van der Waals surface area contributed by atoms with E-state index in [9.17, 15) is 13.2 Å². The zero-order valence-corrected chi connectivity index (χ0v) is 16.0. The van der Waals surface area contributed by atoms with E-state index in [-0.39, 0.29) is 5.75 Å². The van der Waals surface area contributed by atoms with Gasteiger partial charge in [0, 0.05) is 7.14 Å². The first-order chi connectivity index (χ1) is 9.92. The van der Waals surface area contributed by atoms with E-state index in [4.69, 9.17) is 0 Å². The summed E-state index contributed by atoms with van der Waals surface area (Å²) >= 11 is 4.30. The molecule has 0 saturated heterocycles. The third-order valence-corrected chi connectivity index (χ3v) is 6.32. The average molecular weight is 526 g/mol. The first kappa shape index (κ1) is 16.9. The van der Waals surface area contributed by atoms with Crippen molar-refractivity contribution < 1.29 is 13.2 Å². The van der Waals surface area contributed by atoms with E-state index in [0.717, 1.165) is 7.14 Å². The smallest absolute Gasteiger partial charge is 0.168 e. The Balaban J connectivity index is 2.29. The molecular weight excluding hydrogens is 514 g/mol. The number of hydrogen-bond donors (Lipinski definition) is 0. The minimum absolute atomic E-state index is 0.140. The molecular formula is C15H12I2O3S. The van der Waals surface area contributed by atoms with Gasteiger partial charge in [0.05, 0.1) is 5.75 Å². The first-order valence-electron chi connectivity index (χ1n) is 6.09. The molecule has 1 atom stereocenters. The molecule has 0 saturated carbocycles. The summed E-state index contributed by atoms with van der Waals surface area (Å²) in [6.45, 7) is 0. The van der Waals surface area contributed by atoms with Crippen LogP contribution in [0, 0.1) is 7.14 Å². The fourth-order valence-electron chi connectivity index (χ4n) is 1.93. The van der Waals surface area contributed by atoms with E-state index in [1.165, 1.54) is 0 Å². The van der Waals surface area contributed by atoms with Crippen LogP contribution >= 0.6 is 45.2 Å². The topological polar surface area (TPSA) is 51.2 Å². The third-order valence-electron chi connectivity index (χ3n) is 2.99. The summed E-state index contributed by atoms with van der Waals surface area (Å²) in [5.74, 6) is -0.140. The number of carbonyl (C=O) groups excluding carboxylic acids is 1. The largest absolute Gasteiger partial charge is 0.302 e. The average Bonchev–Trinajstić information content (AvgIpc) is 2.44. The van der Waals surface area contributed by atoms with Gasteiger partial charge in [0.25, 0.3) is 0 Å². The summed E-state index contributed by atoms with van der Waals surface area (Å²) in [6, 6.07) is 14.2. The molecule has 0 aliphatic heterocycles. The second-order valence-corrected chi connectivity index (χ2v) is 9.16. The van der Waals surface area contributed by atoms with Gasteiger partial charge in [0.1, 0.15) is 11.5 Å². The predicted octanol–water partition coefficient (Wildman–Crippen LogP) is 3.75. The van der Waals surface area contributed by atoms with Crippen LogP contribution in [0.1, 0.15) is 16.4 Å². The molecule has 0 amide bonds. The zero-order chi connectivity index (χ0) is 15.5. The molecule has 0 aliphatic rings. The highest BCUT2D eigenvalue weighted by Crippen LogP contribution is 2.25. The minimum atomic E-state index is -3.58. The van der Waals surface area contributed by atoms with Crippen LogP contribution in [0.2, 0.25) is 0 Å². The summed E-state index contributed by atoms with van der Waals surface area (Å²) in [6.07, 6.45) is 0.504. The molecule has 0 aliphatic carbocycles. The normalized spacial score (nSPS) is 12.9. The third kappa shape index (κ3) is 4.49. The molecule has 0 spiro atoms. The molecule has 3 nitrogen and oxygen atoms in total. The summed E-state index contributed by atoms with van der Waals surface area (Å²) in [5, 5.41) is -1.12. The van der Waals surface area contributed by atoms with Crippen LogP contribution in [0.15, 0.2) is 48.5 Å². The van der Waals surface area contributed by atoms with Crippen molar-refractivity contribution in [3.63, 3.8) is 0 Å². The quantitative estimate of drug-likeness (QED) is 0.441. The van der Waals surface area contributed by atoms with Crippen LogP contribution in [0.5, 0.6) is 0 Å². The Morgan fingerprint density at radius 3 is 1.86 bits per heavy atom. The molecule has 0 N–H and O–H groups in total. The Bertz CT molecular complexity index is 723. The number of aldehydes is 1. The van der Waals surface area contributed by atoms with Gasteiger partial charge in [-0.15, -0.1) is 0 Å². The molecule has 2 aromatic rings. The molecule has 2 rings (SSSR count). The number of halogens is 2. The highest BCUT2D eigenvalue weighted by molar-refractivity contribution is 14.1. The number of rotatable bonds is 5. The Morgan fingerprint density at radius 2 is 1.38 bits per heavy atom. The van der Waals surface area contributed by atoms with Gasteiger partial charge in [-0.3, -0.25) is 0 Å². The van der Waals surface area contributed by atoms with Crippen molar-refractivity contribution >= 4 is 61.3 Å². The first-order valence-corrected chi connectivity index (χ1v) is 9.96. The maximum Gasteiger partial charge on any atom is 0.168 e. The van der Waals surface area contributed by atoms with Gasteiger partial charge in [-0.1, -0.05) is 24.3 Å². The van der Waals surface area contributed by atoms with Gasteiger partial charge in [-0.05, 0) is 80.6 Å². The molecule has 110 valence electrons. The van der Waals surface area contributed by atoms with Gasteiger partial charge < -0.3 is 4.79 Å². The lowest BCUT2D eigenvalue weighted by atomic mass is 10.2. The van der Waals surface area contributed by atoms with Crippen molar-refractivity contribution in [3.8, 4) is 0 Å². The molecule has 0 bridgehead atoms. The van der Waals surface area contributed by atoms with Crippen molar-refractivity contribution in [2.75, 3.05) is 0 Å². The number of sulfone groups is 1. The zero-order valence-electron chi connectivity index (χ0n) is 10.9. The maximum absolute atomic E-state index is 12.5. The van der Waals surface area contributed by atoms with Crippen LogP contribution in [0.4, 0.5) is 0 Å². The van der Waals surface area contributed by atoms with E-state index in [1.54, 1.807) is 36.4 Å². The highest BCUT2D eigenvalue weighted by Gasteiger charge is 2.27. The van der Waals surface area contributed by atoms with E-state index in [0.29, 0.717) is 17.4 Å². The lowest BCUT2D eigenvalue weighted by Gasteiger charge is -2.12. The second kappa shape index (κ2) is 7.19. The Labute approximate surface area is 151 Å². The Kier molecular flexibility index (Phi) is 5.78. The summed E-state index contributed by atoms with van der Waals surface area (Å²) in [4.78, 5) is 11.3. The molecule has 21 heavy (non-hydrogen) atoms. The van der Waals surface area contributed by atoms with Gasteiger partial charge >= 0.3 is 0 Å². The van der Waals surface area contributed by atoms with Crippen molar-refractivity contribution in [3.05, 3.63) is 66.8 Å². The van der Waals surface area contributed by atoms with Gasteiger partial charge in [-0.25, -0.2) is 8.42 Å². The summed E-state index contributed by atoms with van der Waals surface area (Å²) in [7, 11) is -3.58. The summed E-state index contributed by atoms with van der Waals surface area (Å²) in [5.41, 5.74) is 1.20. The van der Waals surface area contributed by atoms with Crippen molar-refractivity contribution in [2.24, 2.45) is 0 Å². The highest BCUT2D eigenvalue weighted by atomic mass is 127. The lowest BCUT2D eigenvalue weighted by molar-refractivity contribution is -0.107. The second-order valence-electron chi connectivity index (χ2n) is 4.54. The Hall–Kier alpha value is -0.480. The molecule has 0 heterocycles. The number of hydrogen-bond acceptors (Lipinski definition) is 3. The lowest BCUT2D eigenvalue weighted by Crippen LogP contribution is -2.17. The minimum Gasteiger partial charge on any atom is -0.302 e. The van der Waals surface area contributed by atoms with Crippen molar-refractivity contribution in [2.45, 2.75) is 11.0 Å². The van der Waals surface area contributed by atoms with Crippen LogP contribution in [0.25, 0.3) is 0 Å². The molecule has 0 fully saturated rings. The van der Waals surface area contributed by atoms with Crippen molar-refractivity contribution in [1.82, 2.24) is 0 Å². The Morgan fingerprint density at radius 1 is 0.905 bits per heavy atom. The van der Waals surface area contributed by atoms with E-state index in [1.807, 2.05) is 12.1 Å². The molecule has 1 unspecified atom stereocenters. The fourth-order valence-corrected chi connectivity index (χ4v) is 4.22. The summed E-state index contributed by atoms with van der Waals surface area (Å²) < 4.78 is 27.0. The fraction of sp³-hybridized carbons (Fsp3) is 0.133. The standard InChI is InChI=1S/C15H12I2O3S/c16-13-5-1-11(2-6-13)10-21(19,20)15(9-18)12-3-7-14(17)8-4-12/h1-9,15H,10H2. The van der Waals surface area contributed by atoms with Crippen LogP contribution < -0.4 is 0 Å². The van der Waals surface area contributed by atoms with E-state index in [2.05, 4.69) is 45.2 Å². The molecule has 2 aromatic carbocycles. The monoisotopic (exact) mass is 526 g/mol. The number of benzene rings is 2. The van der Waals surface area contributed by atoms with Crippen LogP contribution in [0.3, 0.4) is 0 Å². The van der Waals surface area contributed by atoms with Gasteiger partial charge in [0.2, 0.25) is 0 Å². The number of carbonyl (C=O) groups is 1. The van der Waals surface area contributed by atoms with E-state index >= 15 is 0 Å². The molecule has 0 aromatic heterocycles. The van der Waals surface area contributed by atoms with Gasteiger partial charge in [-0.2, -0.15) is 0 Å². The van der Waals surface area contributed by atoms with Crippen LogP contribution in [-0.2, 0) is 20.4 Å². The van der Waals surface area contributed by atoms with Gasteiger partial charge in [0.15, 0.2) is 9.84 Å². The van der Waals surface area contributed by atoms with Crippen molar-refractivity contribution in [1.29, 1.82) is 0 Å². The molecule has 6 heteroatoms. The molecule has 0 radical (unpaired) electrons. The maximum atomic E-state index is 12.5. The SMILES string of the molecule is O=CC(c1ccc(I)cc1)S(=O)(=O)Cc1ccc(I)cc1. The van der Waals surface area contributed by atoms with E-state index < -0.39 is 15.1 Å². The predicted molar refractivity (Wildman–Crippen MR) is 99.7 cm³/mol.